The van der Waals surface area contributed by atoms with Gasteiger partial charge in [0.05, 0.1) is 12.2 Å². The van der Waals surface area contributed by atoms with Gasteiger partial charge in [0, 0.05) is 19.1 Å². The molecule has 0 aromatic rings. The van der Waals surface area contributed by atoms with Gasteiger partial charge in [-0.25, -0.2) is 0 Å². The van der Waals surface area contributed by atoms with Crippen LogP contribution in [-0.4, -0.2) is 44.1 Å². The lowest BCUT2D eigenvalue weighted by atomic mass is 9.97. The van der Waals surface area contributed by atoms with Gasteiger partial charge in [0.15, 0.2) is 0 Å². The molecule has 1 heterocycles. The zero-order valence-corrected chi connectivity index (χ0v) is 13.5. The summed E-state index contributed by atoms with van der Waals surface area (Å²) in [6.45, 7) is 4.75. The summed E-state index contributed by atoms with van der Waals surface area (Å²) in [5.41, 5.74) is 0. The van der Waals surface area contributed by atoms with Gasteiger partial charge in [-0.15, -0.1) is 0 Å². The van der Waals surface area contributed by atoms with Gasteiger partial charge < -0.3 is 4.74 Å². The van der Waals surface area contributed by atoms with Crippen molar-refractivity contribution in [2.45, 2.75) is 77.0 Å². The van der Waals surface area contributed by atoms with Crippen molar-refractivity contribution < 1.29 is 13.2 Å². The van der Waals surface area contributed by atoms with Crippen LogP contribution in [0.1, 0.15) is 58.8 Å². The van der Waals surface area contributed by atoms with Crippen LogP contribution in [-0.2, 0) is 14.9 Å². The molecule has 5 nitrogen and oxygen atoms in total. The second-order valence-electron chi connectivity index (χ2n) is 6.24. The lowest BCUT2D eigenvalue weighted by Gasteiger charge is -2.35. The summed E-state index contributed by atoms with van der Waals surface area (Å²) in [6, 6.07) is 0.105. The molecule has 1 saturated heterocycles. The molecule has 1 aliphatic carbocycles. The third kappa shape index (κ3) is 4.69. The highest BCUT2D eigenvalue weighted by molar-refractivity contribution is 7.87. The molecule has 0 spiro atoms. The van der Waals surface area contributed by atoms with Crippen molar-refractivity contribution >= 4 is 10.2 Å². The van der Waals surface area contributed by atoms with E-state index in [0.717, 1.165) is 25.7 Å². The first kappa shape index (κ1) is 16.2. The number of nitrogens with zero attached hydrogens (tertiary/aromatic N) is 1. The predicted octanol–water partition coefficient (Wildman–Crippen LogP) is 2.04. The molecular formula is C14H28N2O3S. The fourth-order valence-electron chi connectivity index (χ4n) is 3.19. The van der Waals surface area contributed by atoms with Crippen LogP contribution in [0.3, 0.4) is 0 Å². The van der Waals surface area contributed by atoms with E-state index in [2.05, 4.69) is 4.72 Å². The standard InChI is InChI=1S/C14H28N2O3S/c1-12-10-16(11-13(2)19-12)20(17,18)15-14-8-6-4-3-5-7-9-14/h12-15H,3-11H2,1-2H3/t12-,13+. The minimum absolute atomic E-state index is 0.0346. The topological polar surface area (TPSA) is 58.6 Å². The minimum atomic E-state index is -3.37. The van der Waals surface area contributed by atoms with E-state index in [1.807, 2.05) is 13.8 Å². The summed E-state index contributed by atoms with van der Waals surface area (Å²) in [7, 11) is -3.37. The predicted molar refractivity (Wildman–Crippen MR) is 79.7 cm³/mol. The van der Waals surface area contributed by atoms with Gasteiger partial charge in [0.1, 0.15) is 0 Å². The van der Waals surface area contributed by atoms with E-state index in [1.165, 1.54) is 19.3 Å². The highest BCUT2D eigenvalue weighted by atomic mass is 32.2. The van der Waals surface area contributed by atoms with Crippen molar-refractivity contribution in [1.82, 2.24) is 9.03 Å². The Labute approximate surface area is 123 Å². The molecule has 6 heteroatoms. The number of morpholine rings is 1. The molecule has 0 aromatic heterocycles. The molecule has 2 aliphatic rings. The Bertz CT molecular complexity index is 381. The van der Waals surface area contributed by atoms with E-state index in [0.29, 0.717) is 13.1 Å². The maximum absolute atomic E-state index is 12.5. The van der Waals surface area contributed by atoms with Gasteiger partial charge in [-0.05, 0) is 26.7 Å². The highest BCUT2D eigenvalue weighted by Crippen LogP contribution is 2.19. The van der Waals surface area contributed by atoms with E-state index >= 15 is 0 Å². The third-order valence-corrected chi connectivity index (χ3v) is 5.76. The molecule has 0 aromatic carbocycles. The van der Waals surface area contributed by atoms with E-state index in [-0.39, 0.29) is 18.2 Å². The van der Waals surface area contributed by atoms with Gasteiger partial charge >= 0.3 is 0 Å². The van der Waals surface area contributed by atoms with Crippen molar-refractivity contribution in [3.05, 3.63) is 0 Å². The minimum Gasteiger partial charge on any atom is -0.373 e. The summed E-state index contributed by atoms with van der Waals surface area (Å²) >= 11 is 0. The van der Waals surface area contributed by atoms with Crippen molar-refractivity contribution in [2.24, 2.45) is 0 Å². The molecule has 118 valence electrons. The molecule has 2 rings (SSSR count). The molecule has 2 fully saturated rings. The second kappa shape index (κ2) is 7.20. The van der Waals surface area contributed by atoms with E-state index in [9.17, 15) is 8.42 Å². The lowest BCUT2D eigenvalue weighted by molar-refractivity contribution is -0.0444. The quantitative estimate of drug-likeness (QED) is 0.868. The first-order valence-electron chi connectivity index (χ1n) is 7.90. The lowest BCUT2D eigenvalue weighted by Crippen LogP contribution is -2.53. The van der Waals surface area contributed by atoms with Crippen LogP contribution in [0.4, 0.5) is 0 Å². The molecule has 0 amide bonds. The summed E-state index contributed by atoms with van der Waals surface area (Å²) in [4.78, 5) is 0. The number of nitrogens with one attached hydrogen (secondary N) is 1. The molecule has 0 bridgehead atoms. The zero-order valence-electron chi connectivity index (χ0n) is 12.7. The normalized spacial score (nSPS) is 31.7. The molecule has 2 atom stereocenters. The summed E-state index contributed by atoms with van der Waals surface area (Å²) in [5, 5.41) is 0. The van der Waals surface area contributed by atoms with E-state index < -0.39 is 10.2 Å². The van der Waals surface area contributed by atoms with Crippen LogP contribution in [0.25, 0.3) is 0 Å². The Morgan fingerprint density at radius 2 is 1.45 bits per heavy atom. The van der Waals surface area contributed by atoms with Crippen molar-refractivity contribution in [3.63, 3.8) is 0 Å². The third-order valence-electron chi connectivity index (χ3n) is 4.15. The van der Waals surface area contributed by atoms with Gasteiger partial charge in [0.25, 0.3) is 10.2 Å². The summed E-state index contributed by atoms with van der Waals surface area (Å²) in [6.07, 6.45) is 7.86. The van der Waals surface area contributed by atoms with Crippen LogP contribution < -0.4 is 4.72 Å². The fourth-order valence-corrected chi connectivity index (χ4v) is 4.80. The molecular weight excluding hydrogens is 276 g/mol. The smallest absolute Gasteiger partial charge is 0.279 e. The molecule has 20 heavy (non-hydrogen) atoms. The number of hydrogen-bond donors (Lipinski definition) is 1. The van der Waals surface area contributed by atoms with Crippen molar-refractivity contribution in [1.29, 1.82) is 0 Å². The maximum atomic E-state index is 12.5. The average Bonchev–Trinajstić information content (AvgIpc) is 2.31. The van der Waals surface area contributed by atoms with Gasteiger partial charge in [-0.3, -0.25) is 0 Å². The van der Waals surface area contributed by atoms with Crippen LogP contribution >= 0.6 is 0 Å². The van der Waals surface area contributed by atoms with Crippen LogP contribution in [0.2, 0.25) is 0 Å². The molecule has 0 unspecified atom stereocenters. The molecule has 1 N–H and O–H groups in total. The van der Waals surface area contributed by atoms with Crippen molar-refractivity contribution in [3.8, 4) is 0 Å². The number of ether oxygens (including phenoxy) is 1. The SMILES string of the molecule is C[C@@H]1CN(S(=O)(=O)NC2CCCCCCC2)C[C@H](C)O1. The highest BCUT2D eigenvalue weighted by Gasteiger charge is 2.32. The summed E-state index contributed by atoms with van der Waals surface area (Å²) < 4.78 is 35.1. The fraction of sp³-hybridized carbons (Fsp3) is 1.00. The van der Waals surface area contributed by atoms with Gasteiger partial charge in [-0.2, -0.15) is 17.4 Å². The Kier molecular flexibility index (Phi) is 5.84. The Hall–Kier alpha value is -0.170. The largest absolute Gasteiger partial charge is 0.373 e. The van der Waals surface area contributed by atoms with Crippen LogP contribution in [0.15, 0.2) is 0 Å². The average molecular weight is 304 g/mol. The van der Waals surface area contributed by atoms with Crippen molar-refractivity contribution in [2.75, 3.05) is 13.1 Å². The summed E-state index contributed by atoms with van der Waals surface area (Å²) in [5.74, 6) is 0. The Morgan fingerprint density at radius 3 is 2.00 bits per heavy atom. The number of hydrogen-bond acceptors (Lipinski definition) is 3. The first-order valence-corrected chi connectivity index (χ1v) is 9.34. The van der Waals surface area contributed by atoms with Crippen LogP contribution in [0, 0.1) is 0 Å². The number of rotatable bonds is 3. The second-order valence-corrected chi connectivity index (χ2v) is 7.94. The first-order chi connectivity index (χ1) is 9.47. The van der Waals surface area contributed by atoms with Gasteiger partial charge in [0.2, 0.25) is 0 Å². The molecule has 0 radical (unpaired) electrons. The Morgan fingerprint density at radius 1 is 0.950 bits per heavy atom. The Balaban J connectivity index is 1.94. The molecule has 1 aliphatic heterocycles. The van der Waals surface area contributed by atoms with Gasteiger partial charge in [-0.1, -0.05) is 32.1 Å². The maximum Gasteiger partial charge on any atom is 0.279 e. The van der Waals surface area contributed by atoms with E-state index in [4.69, 9.17) is 4.74 Å². The van der Waals surface area contributed by atoms with Crippen LogP contribution in [0.5, 0.6) is 0 Å². The molecule has 1 saturated carbocycles. The monoisotopic (exact) mass is 304 g/mol. The van der Waals surface area contributed by atoms with E-state index in [1.54, 1.807) is 4.31 Å². The zero-order chi connectivity index (χ0) is 14.6.